The summed E-state index contributed by atoms with van der Waals surface area (Å²) in [6, 6.07) is 0. The highest BCUT2D eigenvalue weighted by Gasteiger charge is 2.29. The summed E-state index contributed by atoms with van der Waals surface area (Å²) in [6.45, 7) is 7.31. The third-order valence-corrected chi connectivity index (χ3v) is 3.88. The van der Waals surface area contributed by atoms with Crippen LogP contribution in [0.1, 0.15) is 39.5 Å². The van der Waals surface area contributed by atoms with Gasteiger partial charge < -0.3 is 15.1 Å². The van der Waals surface area contributed by atoms with Crippen molar-refractivity contribution in [3.63, 3.8) is 0 Å². The summed E-state index contributed by atoms with van der Waals surface area (Å²) in [5, 5.41) is 19.1. The van der Waals surface area contributed by atoms with Crippen molar-refractivity contribution < 1.29 is 10.2 Å². The largest absolute Gasteiger partial charge is 0.396 e. The van der Waals surface area contributed by atoms with E-state index in [9.17, 15) is 10.2 Å². The number of aliphatic hydroxyl groups excluding tert-OH is 2. The zero-order valence-corrected chi connectivity index (χ0v) is 10.1. The van der Waals surface area contributed by atoms with Gasteiger partial charge in [-0.25, -0.2) is 0 Å². The topological polar surface area (TPSA) is 43.7 Å². The van der Waals surface area contributed by atoms with E-state index in [2.05, 4.69) is 18.7 Å². The van der Waals surface area contributed by atoms with Crippen molar-refractivity contribution in [2.45, 2.75) is 45.6 Å². The van der Waals surface area contributed by atoms with Crippen LogP contribution in [0.15, 0.2) is 0 Å². The van der Waals surface area contributed by atoms with Gasteiger partial charge in [-0.2, -0.15) is 0 Å². The lowest BCUT2D eigenvalue weighted by molar-refractivity contribution is 0.0180. The van der Waals surface area contributed by atoms with Crippen LogP contribution in [0.2, 0.25) is 0 Å². The summed E-state index contributed by atoms with van der Waals surface area (Å²) in [4.78, 5) is 2.30. The van der Waals surface area contributed by atoms with Crippen molar-refractivity contribution >= 4 is 0 Å². The molecule has 1 unspecified atom stereocenters. The fraction of sp³-hybridized carbons (Fsp3) is 1.00. The lowest BCUT2D eigenvalue weighted by atomic mass is 9.82. The Labute approximate surface area is 93.1 Å². The first-order valence-corrected chi connectivity index (χ1v) is 6.17. The van der Waals surface area contributed by atoms with Gasteiger partial charge in [0.15, 0.2) is 0 Å². The summed E-state index contributed by atoms with van der Waals surface area (Å²) in [6.07, 6.45) is 3.86. The van der Waals surface area contributed by atoms with E-state index in [1.807, 2.05) is 0 Å². The highest BCUT2D eigenvalue weighted by molar-refractivity contribution is 4.82. The molecule has 0 aromatic carbocycles. The molecular formula is C12H25NO2. The number of aliphatic hydroxyl groups is 2. The molecule has 1 rings (SSSR count). The molecular weight excluding hydrogens is 190 g/mol. The third kappa shape index (κ3) is 3.44. The van der Waals surface area contributed by atoms with Crippen LogP contribution in [-0.4, -0.2) is 47.5 Å². The van der Waals surface area contributed by atoms with E-state index < -0.39 is 0 Å². The molecule has 0 saturated carbocycles. The van der Waals surface area contributed by atoms with Crippen molar-refractivity contribution in [3.8, 4) is 0 Å². The highest BCUT2D eigenvalue weighted by atomic mass is 16.3. The van der Waals surface area contributed by atoms with Crippen LogP contribution in [0, 0.1) is 5.41 Å². The number of nitrogens with zero attached hydrogens (tertiary/aromatic N) is 1. The van der Waals surface area contributed by atoms with Gasteiger partial charge in [0, 0.05) is 25.1 Å². The molecule has 90 valence electrons. The fourth-order valence-corrected chi connectivity index (χ4v) is 2.40. The minimum absolute atomic E-state index is 0.0388. The van der Waals surface area contributed by atoms with E-state index in [4.69, 9.17) is 0 Å². The van der Waals surface area contributed by atoms with Gasteiger partial charge in [0.05, 0.1) is 6.10 Å². The first-order valence-electron chi connectivity index (χ1n) is 6.17. The second-order valence-corrected chi connectivity index (χ2v) is 4.90. The average Bonchev–Trinajstić information content (AvgIpc) is 2.26. The molecule has 3 heteroatoms. The molecule has 0 spiro atoms. The molecule has 1 saturated heterocycles. The van der Waals surface area contributed by atoms with Crippen LogP contribution < -0.4 is 0 Å². The van der Waals surface area contributed by atoms with Gasteiger partial charge in [-0.3, -0.25) is 0 Å². The smallest absolute Gasteiger partial charge is 0.0667 e. The van der Waals surface area contributed by atoms with Crippen LogP contribution in [-0.2, 0) is 0 Å². The molecule has 1 atom stereocenters. The molecule has 1 heterocycles. The van der Waals surface area contributed by atoms with Crippen LogP contribution in [0.3, 0.4) is 0 Å². The Hall–Kier alpha value is -0.120. The Kier molecular flexibility index (Phi) is 5.03. The highest BCUT2D eigenvalue weighted by Crippen LogP contribution is 2.28. The standard InChI is InChI=1S/C12H25NO2/c1-3-12(4-2,10-14)9-13-7-5-6-11(15)8-13/h11,14-15H,3-10H2,1-2H3. The van der Waals surface area contributed by atoms with E-state index in [1.165, 1.54) is 0 Å². The summed E-state index contributed by atoms with van der Waals surface area (Å²) >= 11 is 0. The lowest BCUT2D eigenvalue weighted by Crippen LogP contribution is -2.45. The Morgan fingerprint density at radius 3 is 2.47 bits per heavy atom. The van der Waals surface area contributed by atoms with Gasteiger partial charge in [0.2, 0.25) is 0 Å². The predicted molar refractivity (Wildman–Crippen MR) is 61.8 cm³/mol. The maximum atomic E-state index is 9.59. The first kappa shape index (κ1) is 12.9. The van der Waals surface area contributed by atoms with Gasteiger partial charge in [0.25, 0.3) is 0 Å². The monoisotopic (exact) mass is 215 g/mol. The Morgan fingerprint density at radius 1 is 1.33 bits per heavy atom. The van der Waals surface area contributed by atoms with Gasteiger partial charge in [-0.15, -0.1) is 0 Å². The molecule has 1 fully saturated rings. The molecule has 0 radical (unpaired) electrons. The van der Waals surface area contributed by atoms with E-state index in [0.29, 0.717) is 0 Å². The Balaban J connectivity index is 2.49. The van der Waals surface area contributed by atoms with Crippen LogP contribution in [0.4, 0.5) is 0 Å². The normalized spacial score (nSPS) is 24.4. The average molecular weight is 215 g/mol. The number of β-amino-alcohol motifs (C(OH)–C–C–N with tert-alkyl or cyclic N) is 1. The zero-order valence-electron chi connectivity index (χ0n) is 10.1. The van der Waals surface area contributed by atoms with Crippen molar-refractivity contribution in [1.82, 2.24) is 4.90 Å². The van der Waals surface area contributed by atoms with Gasteiger partial charge >= 0.3 is 0 Å². The summed E-state index contributed by atoms with van der Waals surface area (Å²) in [7, 11) is 0. The van der Waals surface area contributed by atoms with Crippen molar-refractivity contribution in [3.05, 3.63) is 0 Å². The number of piperidine rings is 1. The lowest BCUT2D eigenvalue weighted by Gasteiger charge is -2.38. The molecule has 0 amide bonds. The zero-order chi connectivity index (χ0) is 11.3. The second kappa shape index (κ2) is 5.83. The summed E-state index contributed by atoms with van der Waals surface area (Å²) in [5.74, 6) is 0. The van der Waals surface area contributed by atoms with E-state index in [-0.39, 0.29) is 18.1 Å². The van der Waals surface area contributed by atoms with Crippen molar-refractivity contribution in [1.29, 1.82) is 0 Å². The number of hydrogen-bond acceptors (Lipinski definition) is 3. The maximum Gasteiger partial charge on any atom is 0.0667 e. The summed E-state index contributed by atoms with van der Waals surface area (Å²) in [5.41, 5.74) is 0.0388. The Morgan fingerprint density at radius 2 is 2.00 bits per heavy atom. The second-order valence-electron chi connectivity index (χ2n) is 4.90. The van der Waals surface area contributed by atoms with Crippen LogP contribution >= 0.6 is 0 Å². The molecule has 0 bridgehead atoms. The third-order valence-electron chi connectivity index (χ3n) is 3.88. The van der Waals surface area contributed by atoms with E-state index >= 15 is 0 Å². The molecule has 1 aliphatic heterocycles. The van der Waals surface area contributed by atoms with Gasteiger partial charge in [-0.1, -0.05) is 13.8 Å². The van der Waals surface area contributed by atoms with Crippen molar-refractivity contribution in [2.24, 2.45) is 5.41 Å². The molecule has 2 N–H and O–H groups in total. The van der Waals surface area contributed by atoms with E-state index in [1.54, 1.807) is 0 Å². The van der Waals surface area contributed by atoms with Gasteiger partial charge in [0.1, 0.15) is 0 Å². The minimum atomic E-state index is -0.163. The van der Waals surface area contributed by atoms with E-state index in [0.717, 1.165) is 45.3 Å². The van der Waals surface area contributed by atoms with Gasteiger partial charge in [-0.05, 0) is 32.2 Å². The molecule has 0 aliphatic carbocycles. The van der Waals surface area contributed by atoms with Crippen LogP contribution in [0.25, 0.3) is 0 Å². The SMILES string of the molecule is CCC(CC)(CO)CN1CCCC(O)C1. The molecule has 1 aliphatic rings. The fourth-order valence-electron chi connectivity index (χ4n) is 2.40. The van der Waals surface area contributed by atoms with Crippen LogP contribution in [0.5, 0.6) is 0 Å². The number of likely N-dealkylation sites (tertiary alicyclic amines) is 1. The molecule has 3 nitrogen and oxygen atoms in total. The quantitative estimate of drug-likeness (QED) is 0.725. The molecule has 0 aromatic rings. The Bertz CT molecular complexity index is 172. The number of rotatable bonds is 5. The maximum absolute atomic E-state index is 9.59. The molecule has 0 aromatic heterocycles. The number of hydrogen-bond donors (Lipinski definition) is 2. The first-order chi connectivity index (χ1) is 7.15. The predicted octanol–water partition coefficient (Wildman–Crippen LogP) is 1.24. The summed E-state index contributed by atoms with van der Waals surface area (Å²) < 4.78 is 0. The molecule has 15 heavy (non-hydrogen) atoms. The van der Waals surface area contributed by atoms with Crippen molar-refractivity contribution in [2.75, 3.05) is 26.2 Å². The minimum Gasteiger partial charge on any atom is -0.396 e.